The van der Waals surface area contributed by atoms with Crippen molar-refractivity contribution < 1.29 is 0 Å². The van der Waals surface area contributed by atoms with Gasteiger partial charge in [0.25, 0.3) is 5.56 Å². The van der Waals surface area contributed by atoms with E-state index < -0.39 is 0 Å². The topological polar surface area (TPSA) is 37.3 Å². The number of rotatable bonds is 3. The highest BCUT2D eigenvalue weighted by Gasteiger charge is 2.18. The van der Waals surface area contributed by atoms with E-state index in [9.17, 15) is 4.79 Å². The molecule has 0 bridgehead atoms. The highest BCUT2D eigenvalue weighted by Crippen LogP contribution is 2.22. The van der Waals surface area contributed by atoms with Crippen molar-refractivity contribution in [2.24, 2.45) is 11.8 Å². The molecule has 2 aliphatic rings. The summed E-state index contributed by atoms with van der Waals surface area (Å²) in [5.74, 6) is 1.42. The van der Waals surface area contributed by atoms with Gasteiger partial charge in [-0.2, -0.15) is 0 Å². The molecule has 4 heteroatoms. The van der Waals surface area contributed by atoms with E-state index in [0.717, 1.165) is 38.6 Å². The second-order valence-corrected chi connectivity index (χ2v) is 6.76. The zero-order valence-corrected chi connectivity index (χ0v) is 13.1. The fourth-order valence-electron chi connectivity index (χ4n) is 3.47. The number of pyridine rings is 1. The molecular formula is C17H27N3O. The number of anilines is 1. The van der Waals surface area contributed by atoms with Gasteiger partial charge >= 0.3 is 0 Å². The quantitative estimate of drug-likeness (QED) is 0.926. The molecule has 1 unspecified atom stereocenters. The molecule has 2 saturated heterocycles. The van der Waals surface area contributed by atoms with Gasteiger partial charge in [-0.25, -0.2) is 0 Å². The van der Waals surface area contributed by atoms with Crippen LogP contribution in [0.2, 0.25) is 0 Å². The van der Waals surface area contributed by atoms with Crippen molar-refractivity contribution in [3.05, 3.63) is 28.7 Å². The molecule has 4 nitrogen and oxygen atoms in total. The van der Waals surface area contributed by atoms with Crippen LogP contribution in [0.5, 0.6) is 0 Å². The first-order chi connectivity index (χ1) is 10.2. The van der Waals surface area contributed by atoms with Gasteiger partial charge in [-0.3, -0.25) is 4.79 Å². The maximum atomic E-state index is 12.1. The third kappa shape index (κ3) is 3.67. The van der Waals surface area contributed by atoms with Crippen LogP contribution in [0.25, 0.3) is 0 Å². The minimum atomic E-state index is 0.134. The molecule has 1 aromatic heterocycles. The van der Waals surface area contributed by atoms with Crippen LogP contribution in [-0.2, 0) is 6.54 Å². The Balaban J connectivity index is 1.71. The van der Waals surface area contributed by atoms with Crippen molar-refractivity contribution in [1.82, 2.24) is 9.88 Å². The molecule has 21 heavy (non-hydrogen) atoms. The molecule has 2 aliphatic heterocycles. The lowest BCUT2D eigenvalue weighted by Crippen LogP contribution is -2.36. The van der Waals surface area contributed by atoms with Gasteiger partial charge in [0.05, 0.1) is 5.69 Å². The number of hydrogen-bond acceptors (Lipinski definition) is 3. The van der Waals surface area contributed by atoms with Gasteiger partial charge in [0, 0.05) is 31.9 Å². The SMILES string of the molecule is CC1CCN(c2ccc(=O)n(CC3CCCNC3)c2)CC1. The highest BCUT2D eigenvalue weighted by atomic mass is 16.1. The van der Waals surface area contributed by atoms with Gasteiger partial charge in [-0.15, -0.1) is 0 Å². The van der Waals surface area contributed by atoms with Crippen molar-refractivity contribution in [3.63, 3.8) is 0 Å². The fourth-order valence-corrected chi connectivity index (χ4v) is 3.47. The lowest BCUT2D eigenvalue weighted by Gasteiger charge is -2.32. The second kappa shape index (κ2) is 6.65. The van der Waals surface area contributed by atoms with Gasteiger partial charge in [-0.05, 0) is 56.7 Å². The number of piperidine rings is 2. The number of nitrogens with one attached hydrogen (secondary N) is 1. The van der Waals surface area contributed by atoms with E-state index in [1.807, 2.05) is 10.6 Å². The van der Waals surface area contributed by atoms with Crippen LogP contribution in [0, 0.1) is 11.8 Å². The summed E-state index contributed by atoms with van der Waals surface area (Å²) in [6, 6.07) is 3.73. The summed E-state index contributed by atoms with van der Waals surface area (Å²) >= 11 is 0. The van der Waals surface area contributed by atoms with Crippen molar-refractivity contribution in [2.45, 2.75) is 39.2 Å². The first kappa shape index (κ1) is 14.6. The van der Waals surface area contributed by atoms with Gasteiger partial charge in [-0.1, -0.05) is 6.92 Å². The third-order valence-corrected chi connectivity index (χ3v) is 4.97. The Bertz CT molecular complexity index is 511. The summed E-state index contributed by atoms with van der Waals surface area (Å²) in [7, 11) is 0. The second-order valence-electron chi connectivity index (χ2n) is 6.76. The average Bonchev–Trinajstić information content (AvgIpc) is 2.51. The van der Waals surface area contributed by atoms with Crippen LogP contribution in [0.15, 0.2) is 23.1 Å². The Labute approximate surface area is 127 Å². The fraction of sp³-hybridized carbons (Fsp3) is 0.706. The van der Waals surface area contributed by atoms with Crippen LogP contribution < -0.4 is 15.8 Å². The Morgan fingerprint density at radius 3 is 2.76 bits per heavy atom. The molecule has 1 aromatic rings. The van der Waals surface area contributed by atoms with Crippen molar-refractivity contribution >= 4 is 5.69 Å². The monoisotopic (exact) mass is 289 g/mol. The summed E-state index contributed by atoms with van der Waals surface area (Å²) in [5, 5.41) is 3.43. The van der Waals surface area contributed by atoms with Crippen LogP contribution in [0.3, 0.4) is 0 Å². The predicted molar refractivity (Wildman–Crippen MR) is 86.9 cm³/mol. The summed E-state index contributed by atoms with van der Waals surface area (Å²) < 4.78 is 1.92. The van der Waals surface area contributed by atoms with Gasteiger partial charge in [0.2, 0.25) is 0 Å². The van der Waals surface area contributed by atoms with E-state index in [-0.39, 0.29) is 5.56 Å². The molecule has 1 atom stereocenters. The summed E-state index contributed by atoms with van der Waals surface area (Å²) in [5.41, 5.74) is 1.35. The molecule has 0 aromatic carbocycles. The molecule has 3 rings (SSSR count). The number of nitrogens with zero attached hydrogens (tertiary/aromatic N) is 2. The van der Waals surface area contributed by atoms with Crippen molar-refractivity contribution in [3.8, 4) is 0 Å². The molecular weight excluding hydrogens is 262 g/mol. The molecule has 1 N–H and O–H groups in total. The first-order valence-electron chi connectivity index (χ1n) is 8.38. The van der Waals surface area contributed by atoms with Gasteiger partial charge in [0.15, 0.2) is 0 Å². The molecule has 0 amide bonds. The summed E-state index contributed by atoms with van der Waals surface area (Å²) in [6.07, 6.45) is 7.04. The molecule has 0 aliphatic carbocycles. The van der Waals surface area contributed by atoms with Gasteiger partial charge in [0.1, 0.15) is 0 Å². The Morgan fingerprint density at radius 1 is 1.24 bits per heavy atom. The average molecular weight is 289 g/mol. The number of hydrogen-bond donors (Lipinski definition) is 1. The molecule has 0 spiro atoms. The zero-order valence-electron chi connectivity index (χ0n) is 13.1. The van der Waals surface area contributed by atoms with E-state index >= 15 is 0 Å². The van der Waals surface area contributed by atoms with E-state index in [2.05, 4.69) is 23.3 Å². The van der Waals surface area contributed by atoms with Crippen LogP contribution in [0.1, 0.15) is 32.6 Å². The molecule has 2 fully saturated rings. The summed E-state index contributed by atoms with van der Waals surface area (Å²) in [4.78, 5) is 14.5. The van der Waals surface area contributed by atoms with Gasteiger partial charge < -0.3 is 14.8 Å². The number of aromatic nitrogens is 1. The normalized spacial score (nSPS) is 24.2. The smallest absolute Gasteiger partial charge is 0.250 e. The highest BCUT2D eigenvalue weighted by molar-refractivity contribution is 5.44. The third-order valence-electron chi connectivity index (χ3n) is 4.97. The van der Waals surface area contributed by atoms with Crippen LogP contribution in [0.4, 0.5) is 5.69 Å². The Morgan fingerprint density at radius 2 is 2.05 bits per heavy atom. The Hall–Kier alpha value is -1.29. The van der Waals surface area contributed by atoms with E-state index in [0.29, 0.717) is 5.92 Å². The van der Waals surface area contributed by atoms with Crippen LogP contribution >= 0.6 is 0 Å². The Kier molecular flexibility index (Phi) is 4.63. The molecule has 116 valence electrons. The maximum Gasteiger partial charge on any atom is 0.250 e. The predicted octanol–water partition coefficient (Wildman–Crippen LogP) is 2.08. The largest absolute Gasteiger partial charge is 0.370 e. The van der Waals surface area contributed by atoms with E-state index in [1.54, 1.807) is 6.07 Å². The standard InChI is InChI=1S/C17H27N3O/c1-14-6-9-19(10-7-14)16-4-5-17(21)20(13-16)12-15-3-2-8-18-11-15/h4-5,13-15,18H,2-3,6-12H2,1H3. The van der Waals surface area contributed by atoms with Crippen molar-refractivity contribution in [2.75, 3.05) is 31.1 Å². The molecule has 0 saturated carbocycles. The van der Waals surface area contributed by atoms with Crippen molar-refractivity contribution in [1.29, 1.82) is 0 Å². The lowest BCUT2D eigenvalue weighted by molar-refractivity contribution is 0.333. The van der Waals surface area contributed by atoms with E-state index in [1.165, 1.54) is 31.4 Å². The minimum absolute atomic E-state index is 0.134. The molecule has 3 heterocycles. The zero-order chi connectivity index (χ0) is 14.7. The summed E-state index contributed by atoms with van der Waals surface area (Å²) in [6.45, 7) is 7.57. The minimum Gasteiger partial charge on any atom is -0.370 e. The lowest BCUT2D eigenvalue weighted by atomic mass is 9.98. The molecule has 0 radical (unpaired) electrons. The maximum absolute atomic E-state index is 12.1. The van der Waals surface area contributed by atoms with E-state index in [4.69, 9.17) is 0 Å². The van der Waals surface area contributed by atoms with Crippen LogP contribution in [-0.4, -0.2) is 30.7 Å². The first-order valence-corrected chi connectivity index (χ1v) is 8.38.